The Hall–Kier alpha value is -0.0300. The SMILES string of the molecule is CNCC(C)C(=O)NCCN(C)C1CC1.Cl.Cl. The fourth-order valence-corrected chi connectivity index (χ4v) is 1.63. The maximum absolute atomic E-state index is 11.5. The molecule has 1 saturated carbocycles. The maximum atomic E-state index is 11.5. The van der Waals surface area contributed by atoms with Crippen molar-refractivity contribution < 1.29 is 4.79 Å². The van der Waals surface area contributed by atoms with Gasteiger partial charge in [0.2, 0.25) is 5.91 Å². The van der Waals surface area contributed by atoms with Crippen molar-refractivity contribution in [1.82, 2.24) is 15.5 Å². The molecule has 17 heavy (non-hydrogen) atoms. The zero-order chi connectivity index (χ0) is 11.3. The van der Waals surface area contributed by atoms with E-state index in [1.807, 2.05) is 14.0 Å². The van der Waals surface area contributed by atoms with Gasteiger partial charge < -0.3 is 15.5 Å². The van der Waals surface area contributed by atoms with Gasteiger partial charge >= 0.3 is 0 Å². The van der Waals surface area contributed by atoms with E-state index in [9.17, 15) is 4.79 Å². The Kier molecular flexibility index (Phi) is 11.3. The summed E-state index contributed by atoms with van der Waals surface area (Å²) >= 11 is 0. The highest BCUT2D eigenvalue weighted by atomic mass is 35.5. The minimum absolute atomic E-state index is 0. The molecule has 0 radical (unpaired) electrons. The Balaban J connectivity index is 0. The lowest BCUT2D eigenvalue weighted by Gasteiger charge is -2.17. The van der Waals surface area contributed by atoms with Gasteiger partial charge in [-0.15, -0.1) is 24.8 Å². The smallest absolute Gasteiger partial charge is 0.224 e. The predicted molar refractivity (Wildman–Crippen MR) is 76.2 cm³/mol. The third kappa shape index (κ3) is 7.82. The highest BCUT2D eigenvalue weighted by molar-refractivity contribution is 5.85. The Bertz CT molecular complexity index is 213. The van der Waals surface area contributed by atoms with Crippen LogP contribution in [0.5, 0.6) is 0 Å². The molecule has 1 rings (SSSR count). The molecule has 1 amide bonds. The molecular weight excluding hydrogens is 261 g/mol. The van der Waals surface area contributed by atoms with Crippen LogP contribution in [0.15, 0.2) is 0 Å². The first-order chi connectivity index (χ1) is 7.15. The molecule has 1 atom stereocenters. The lowest BCUT2D eigenvalue weighted by molar-refractivity contribution is -0.124. The molecule has 0 aliphatic heterocycles. The normalized spacial score (nSPS) is 15.8. The molecule has 1 aliphatic carbocycles. The number of amides is 1. The van der Waals surface area contributed by atoms with Crippen LogP contribution in [0.2, 0.25) is 0 Å². The van der Waals surface area contributed by atoms with E-state index >= 15 is 0 Å². The van der Waals surface area contributed by atoms with Gasteiger partial charge in [0.15, 0.2) is 0 Å². The van der Waals surface area contributed by atoms with Crippen molar-refractivity contribution in [2.45, 2.75) is 25.8 Å². The predicted octanol–water partition coefficient (Wildman–Crippen LogP) is 0.896. The Morgan fingerprint density at radius 2 is 2.00 bits per heavy atom. The van der Waals surface area contributed by atoms with E-state index in [1.165, 1.54) is 12.8 Å². The van der Waals surface area contributed by atoms with Crippen molar-refractivity contribution in [1.29, 1.82) is 0 Å². The molecule has 1 unspecified atom stereocenters. The number of rotatable bonds is 7. The summed E-state index contributed by atoms with van der Waals surface area (Å²) in [5.74, 6) is 0.203. The van der Waals surface area contributed by atoms with Gasteiger partial charge in [-0.2, -0.15) is 0 Å². The molecular formula is C11H25Cl2N3O. The molecule has 0 aromatic heterocycles. The van der Waals surface area contributed by atoms with E-state index in [0.717, 1.165) is 25.7 Å². The number of hydrogen-bond donors (Lipinski definition) is 2. The van der Waals surface area contributed by atoms with Crippen LogP contribution in [0.3, 0.4) is 0 Å². The molecule has 1 fully saturated rings. The fourth-order valence-electron chi connectivity index (χ4n) is 1.63. The molecule has 104 valence electrons. The van der Waals surface area contributed by atoms with Crippen LogP contribution >= 0.6 is 24.8 Å². The van der Waals surface area contributed by atoms with Gasteiger partial charge in [-0.05, 0) is 26.9 Å². The second-order valence-corrected chi connectivity index (χ2v) is 4.46. The van der Waals surface area contributed by atoms with E-state index in [-0.39, 0.29) is 36.6 Å². The second-order valence-electron chi connectivity index (χ2n) is 4.46. The van der Waals surface area contributed by atoms with Crippen molar-refractivity contribution >= 4 is 30.7 Å². The second kappa shape index (κ2) is 9.95. The summed E-state index contributed by atoms with van der Waals surface area (Å²) in [4.78, 5) is 13.9. The fraction of sp³-hybridized carbons (Fsp3) is 0.909. The van der Waals surface area contributed by atoms with Crippen LogP contribution in [-0.4, -0.2) is 50.6 Å². The van der Waals surface area contributed by atoms with E-state index in [1.54, 1.807) is 0 Å². The van der Waals surface area contributed by atoms with Crippen LogP contribution < -0.4 is 10.6 Å². The summed E-state index contributed by atoms with van der Waals surface area (Å²) in [5.41, 5.74) is 0. The van der Waals surface area contributed by atoms with Crippen molar-refractivity contribution in [2.24, 2.45) is 5.92 Å². The number of carbonyl (C=O) groups excluding carboxylic acids is 1. The minimum Gasteiger partial charge on any atom is -0.355 e. The average Bonchev–Trinajstić information content (AvgIpc) is 3.00. The quantitative estimate of drug-likeness (QED) is 0.731. The highest BCUT2D eigenvalue weighted by Crippen LogP contribution is 2.24. The van der Waals surface area contributed by atoms with Gasteiger partial charge in [-0.25, -0.2) is 0 Å². The first-order valence-electron chi connectivity index (χ1n) is 5.77. The number of nitrogens with zero attached hydrogens (tertiary/aromatic N) is 1. The largest absolute Gasteiger partial charge is 0.355 e. The zero-order valence-electron chi connectivity index (χ0n) is 10.9. The first-order valence-corrected chi connectivity index (χ1v) is 5.77. The van der Waals surface area contributed by atoms with E-state index in [2.05, 4.69) is 22.6 Å². The van der Waals surface area contributed by atoms with E-state index in [0.29, 0.717) is 0 Å². The third-order valence-electron chi connectivity index (χ3n) is 2.89. The average molecular weight is 286 g/mol. The van der Waals surface area contributed by atoms with Gasteiger partial charge in [-0.1, -0.05) is 6.92 Å². The van der Waals surface area contributed by atoms with E-state index in [4.69, 9.17) is 0 Å². The van der Waals surface area contributed by atoms with Crippen molar-refractivity contribution in [2.75, 3.05) is 33.7 Å². The number of carbonyl (C=O) groups is 1. The molecule has 1 aliphatic rings. The van der Waals surface area contributed by atoms with Gasteiger partial charge in [0, 0.05) is 31.6 Å². The van der Waals surface area contributed by atoms with Gasteiger partial charge in [0.1, 0.15) is 0 Å². The van der Waals surface area contributed by atoms with Gasteiger partial charge in [0.05, 0.1) is 0 Å². The standard InChI is InChI=1S/C11H23N3O.2ClH/c1-9(8-12-2)11(15)13-6-7-14(3)10-4-5-10;;/h9-10,12H,4-8H2,1-3H3,(H,13,15);2*1H. The van der Waals surface area contributed by atoms with Crippen LogP contribution in [-0.2, 0) is 4.79 Å². The zero-order valence-corrected chi connectivity index (χ0v) is 12.5. The summed E-state index contributed by atoms with van der Waals surface area (Å²) in [6.45, 7) is 4.41. The number of halogens is 2. The first kappa shape index (κ1) is 19.3. The molecule has 6 heteroatoms. The van der Waals surface area contributed by atoms with Crippen molar-refractivity contribution in [3.05, 3.63) is 0 Å². The summed E-state index contributed by atoms with van der Waals surface area (Å²) in [5, 5.41) is 5.96. The molecule has 0 spiro atoms. The Labute approximate surface area is 117 Å². The molecule has 0 aromatic rings. The Morgan fingerprint density at radius 3 is 2.47 bits per heavy atom. The molecule has 0 aromatic carbocycles. The van der Waals surface area contributed by atoms with Crippen LogP contribution in [0.4, 0.5) is 0 Å². The van der Waals surface area contributed by atoms with Gasteiger partial charge in [-0.3, -0.25) is 4.79 Å². The topological polar surface area (TPSA) is 44.4 Å². The molecule has 0 heterocycles. The van der Waals surface area contributed by atoms with Crippen LogP contribution in [0.1, 0.15) is 19.8 Å². The highest BCUT2D eigenvalue weighted by Gasteiger charge is 2.25. The third-order valence-corrected chi connectivity index (χ3v) is 2.89. The summed E-state index contributed by atoms with van der Waals surface area (Å²) in [6, 6.07) is 0.775. The monoisotopic (exact) mass is 285 g/mol. The Morgan fingerprint density at radius 1 is 1.41 bits per heavy atom. The minimum atomic E-state index is 0. The molecule has 2 N–H and O–H groups in total. The summed E-state index contributed by atoms with van der Waals surface area (Å²) in [7, 11) is 3.99. The number of likely N-dealkylation sites (N-methyl/N-ethyl adjacent to an activating group) is 1. The van der Waals surface area contributed by atoms with Crippen molar-refractivity contribution in [3.63, 3.8) is 0 Å². The molecule has 0 bridgehead atoms. The lowest BCUT2D eigenvalue weighted by Crippen LogP contribution is -2.38. The number of nitrogens with one attached hydrogen (secondary N) is 2. The molecule has 0 saturated heterocycles. The summed E-state index contributed by atoms with van der Waals surface area (Å²) < 4.78 is 0. The van der Waals surface area contributed by atoms with E-state index < -0.39 is 0 Å². The van der Waals surface area contributed by atoms with Crippen LogP contribution in [0, 0.1) is 5.92 Å². The van der Waals surface area contributed by atoms with Crippen molar-refractivity contribution in [3.8, 4) is 0 Å². The van der Waals surface area contributed by atoms with Gasteiger partial charge in [0.25, 0.3) is 0 Å². The summed E-state index contributed by atoms with van der Waals surface area (Å²) in [6.07, 6.45) is 2.64. The molecule has 4 nitrogen and oxygen atoms in total. The number of hydrogen-bond acceptors (Lipinski definition) is 3. The maximum Gasteiger partial charge on any atom is 0.224 e. The lowest BCUT2D eigenvalue weighted by atomic mass is 10.1. The van der Waals surface area contributed by atoms with Crippen LogP contribution in [0.25, 0.3) is 0 Å².